The Morgan fingerprint density at radius 3 is 1.38 bits per heavy atom. The van der Waals surface area contributed by atoms with Crippen molar-refractivity contribution in [3.05, 3.63) is 181 Å². The molecule has 5 N–H and O–H groups in total. The van der Waals surface area contributed by atoms with E-state index >= 15 is 0 Å². The molecule has 2 saturated heterocycles. The number of nitrogens with one attached hydrogen (secondary N) is 5. The van der Waals surface area contributed by atoms with Gasteiger partial charge in [0.05, 0.1) is 17.6 Å². The number of hydrogen-bond acceptors (Lipinski definition) is 9. The number of pyridine rings is 1. The number of carbonyl (C=O) groups is 4. The number of anilines is 2. The molecule has 0 spiro atoms. The second kappa shape index (κ2) is 29.5. The molecule has 20 heteroatoms. The summed E-state index contributed by atoms with van der Waals surface area (Å²) in [6, 6.07) is 37.3. The molecule has 5 aliphatic heterocycles. The topological polar surface area (TPSA) is 217 Å². The van der Waals surface area contributed by atoms with Gasteiger partial charge in [-0.1, -0.05) is 105 Å². The quantitative estimate of drug-likeness (QED) is 0.102. The highest BCUT2D eigenvalue weighted by Gasteiger charge is 2.27. The number of carbonyl (C=O) groups excluding carboxylic acids is 4. The minimum atomic E-state index is -3.06. The molecule has 0 unspecified atom stereocenters. The van der Waals surface area contributed by atoms with Crippen LogP contribution in [-0.2, 0) is 29.2 Å². The van der Waals surface area contributed by atoms with Gasteiger partial charge in [0, 0.05) is 221 Å². The van der Waals surface area contributed by atoms with Gasteiger partial charge in [-0.15, -0.1) is 0 Å². The minimum absolute atomic E-state index is 0.0815. The van der Waals surface area contributed by atoms with Crippen LogP contribution in [0.4, 0.5) is 11.4 Å². The Bertz CT molecular complexity index is 4550. The molecule has 4 aromatic carbocycles. The van der Waals surface area contributed by atoms with Crippen molar-refractivity contribution in [2.75, 3.05) is 108 Å². The summed E-state index contributed by atoms with van der Waals surface area (Å²) in [5.41, 5.74) is 17.0. The van der Waals surface area contributed by atoms with Gasteiger partial charge in [-0.2, -0.15) is 4.31 Å². The molecule has 0 saturated carbocycles. The van der Waals surface area contributed by atoms with Crippen molar-refractivity contribution in [2.24, 2.45) is 5.92 Å². The van der Waals surface area contributed by atoms with Crippen molar-refractivity contribution in [2.45, 2.75) is 60.8 Å². The SMILES string of the molecule is CC(=O)N1CC=C(c2c(C)[nH]c3ccccc23)CC1.CC(=O)N1CC=C(c2c[nH]c3ncccc23)CC1.CC(=O)N1CCN(c2c[nH]c3ccccc23)CC1.CC(C)C(=O)N1CC=C(c2c[nH]c3ccccc23)CC1.CS(=O)(=O)N1CCN(c2c[nH]c3ccccc23)CC1. The summed E-state index contributed by atoms with van der Waals surface area (Å²) in [5, 5.41) is 6.15. The van der Waals surface area contributed by atoms with E-state index in [-0.39, 0.29) is 29.5 Å². The number of sulfonamides is 1. The zero-order valence-electron chi connectivity index (χ0n) is 55.0. The first kappa shape index (κ1) is 65.8. The first-order chi connectivity index (χ1) is 45.4. The van der Waals surface area contributed by atoms with Crippen LogP contribution in [0.25, 0.3) is 71.4 Å². The monoisotopic (exact) mass is 1290 g/mol. The first-order valence-electron chi connectivity index (χ1n) is 32.7. The normalized spacial score (nSPS) is 16.3. The molecule has 10 aromatic rings. The molecule has 94 heavy (non-hydrogen) atoms. The number of aromatic nitrogens is 6. The van der Waals surface area contributed by atoms with Crippen LogP contribution in [0.5, 0.6) is 0 Å². The summed E-state index contributed by atoms with van der Waals surface area (Å²) in [6.07, 6.45) is 20.5. The summed E-state index contributed by atoms with van der Waals surface area (Å²) in [5.74, 6) is 0.808. The number of amides is 4. The molecule has 15 rings (SSSR count). The van der Waals surface area contributed by atoms with Crippen molar-refractivity contribution in [1.82, 2.24) is 53.8 Å². The fourth-order valence-corrected chi connectivity index (χ4v) is 14.1. The smallest absolute Gasteiger partial charge is 0.225 e. The second-order valence-corrected chi connectivity index (χ2v) is 26.9. The van der Waals surface area contributed by atoms with Crippen molar-refractivity contribution in [3.63, 3.8) is 0 Å². The van der Waals surface area contributed by atoms with Crippen LogP contribution >= 0.6 is 0 Å². The zero-order chi connectivity index (χ0) is 66.0. The standard InChI is InChI=1S/C17H20N2O.C16H18N2O.C14H15N3O.C14H17N3O.C13H17N3O2S/c1-12(2)17(20)19-9-7-13(8-10-19)15-11-18-16-6-4-3-5-14(15)16;1-11-16(14-5-3-4-6-15(14)17-11)13-7-9-18(10-8-13)12(2)19;1-10(18)17-7-4-11(5-8-17)13-9-16-14-12(13)3-2-6-15-14;1-11(18)16-6-8-17(9-7-16)14-10-15-13-5-3-2-4-12(13)14;1-19(17,18)16-8-6-15(7-9-16)13-10-14-12-5-3-2-4-11(12)13/h3-7,11-12,18H,8-10H2,1-2H3;3-7,17H,8-10H2,1-2H3;2-4,6,9H,5,7-8H2,1H3,(H,15,16);2-5,10,15H,6-9H2,1H3;2-5,10,14H,6-9H2,1H3. The second-order valence-electron chi connectivity index (χ2n) is 24.9. The van der Waals surface area contributed by atoms with Gasteiger partial charge in [-0.05, 0) is 79.3 Å². The van der Waals surface area contributed by atoms with Crippen LogP contribution < -0.4 is 9.80 Å². The van der Waals surface area contributed by atoms with E-state index in [1.807, 2.05) is 82.2 Å². The molecule has 4 amide bonds. The van der Waals surface area contributed by atoms with Crippen LogP contribution in [0.1, 0.15) is 76.3 Å². The average Bonchev–Trinajstić information content (AvgIpc) is 1.68. The maximum absolute atomic E-state index is 12.0. The Hall–Kier alpha value is -9.66. The zero-order valence-corrected chi connectivity index (χ0v) is 55.9. The molecule has 5 aliphatic rings. The van der Waals surface area contributed by atoms with E-state index < -0.39 is 10.0 Å². The number of H-pyrrole nitrogens is 5. The summed E-state index contributed by atoms with van der Waals surface area (Å²) in [4.78, 5) is 78.9. The largest absolute Gasteiger partial charge is 0.367 e. The predicted octanol–water partition coefficient (Wildman–Crippen LogP) is 11.8. The average molecular weight is 1290 g/mol. The van der Waals surface area contributed by atoms with Gasteiger partial charge in [0.15, 0.2) is 0 Å². The first-order valence-corrected chi connectivity index (χ1v) is 34.5. The molecule has 6 aromatic heterocycles. The lowest BCUT2D eigenvalue weighted by atomic mass is 9.97. The minimum Gasteiger partial charge on any atom is -0.367 e. The number of rotatable bonds is 7. The summed E-state index contributed by atoms with van der Waals surface area (Å²) < 4.78 is 24.5. The Morgan fingerprint density at radius 1 is 0.457 bits per heavy atom. The van der Waals surface area contributed by atoms with Gasteiger partial charge in [0.2, 0.25) is 33.7 Å². The van der Waals surface area contributed by atoms with Crippen molar-refractivity contribution < 1.29 is 27.6 Å². The number of piperazine rings is 2. The molecular formula is C74H87N13O6S. The molecule has 0 atom stereocenters. The number of aromatic amines is 5. The number of hydrogen-bond donors (Lipinski definition) is 5. The maximum atomic E-state index is 12.0. The van der Waals surface area contributed by atoms with Crippen LogP contribution in [0.2, 0.25) is 0 Å². The summed E-state index contributed by atoms with van der Waals surface area (Å²) in [6.45, 7) is 21.5. The van der Waals surface area contributed by atoms with Crippen LogP contribution in [0, 0.1) is 12.8 Å². The predicted molar refractivity (Wildman–Crippen MR) is 381 cm³/mol. The number of fused-ring (bicyclic) bond motifs is 5. The van der Waals surface area contributed by atoms with E-state index in [0.29, 0.717) is 19.6 Å². The number of nitrogens with zero attached hydrogens (tertiary/aromatic N) is 8. The van der Waals surface area contributed by atoms with Gasteiger partial charge < -0.3 is 54.3 Å². The highest BCUT2D eigenvalue weighted by Crippen LogP contribution is 2.34. The Labute approximate surface area is 550 Å². The van der Waals surface area contributed by atoms with Crippen LogP contribution in [0.15, 0.2) is 158 Å². The summed E-state index contributed by atoms with van der Waals surface area (Å²) >= 11 is 0. The van der Waals surface area contributed by atoms with Crippen molar-refractivity contribution in [3.8, 4) is 0 Å². The van der Waals surface area contributed by atoms with E-state index in [1.165, 1.54) is 89.1 Å². The Kier molecular flexibility index (Phi) is 20.7. The lowest BCUT2D eigenvalue weighted by Crippen LogP contribution is -2.48. The van der Waals surface area contributed by atoms with Gasteiger partial charge >= 0.3 is 0 Å². The van der Waals surface area contributed by atoms with E-state index in [9.17, 15) is 27.6 Å². The number of aryl methyl sites for hydroxylation is 1. The van der Waals surface area contributed by atoms with E-state index in [2.05, 4.69) is 150 Å². The van der Waals surface area contributed by atoms with Gasteiger partial charge in [-0.3, -0.25) is 19.2 Å². The van der Waals surface area contributed by atoms with Gasteiger partial charge in [0.25, 0.3) is 0 Å². The Balaban J connectivity index is 0.000000120. The summed E-state index contributed by atoms with van der Waals surface area (Å²) in [7, 11) is -3.06. The van der Waals surface area contributed by atoms with Crippen molar-refractivity contribution >= 4 is 116 Å². The van der Waals surface area contributed by atoms with E-state index in [1.54, 1.807) is 31.3 Å². The number of benzene rings is 4. The lowest BCUT2D eigenvalue weighted by Gasteiger charge is -2.35. The lowest BCUT2D eigenvalue weighted by molar-refractivity contribution is -0.134. The number of para-hydroxylation sites is 4. The van der Waals surface area contributed by atoms with Gasteiger partial charge in [-0.25, -0.2) is 13.4 Å². The molecule has 0 radical (unpaired) electrons. The molecular weight excluding hydrogens is 1200 g/mol. The third-order valence-corrected chi connectivity index (χ3v) is 19.8. The molecule has 11 heterocycles. The molecule has 2 fully saturated rings. The fraction of sp³-hybridized carbons (Fsp3) is 0.338. The molecule has 490 valence electrons. The third kappa shape index (κ3) is 15.2. The highest BCUT2D eigenvalue weighted by molar-refractivity contribution is 7.88. The molecule has 0 aliphatic carbocycles. The van der Waals surface area contributed by atoms with E-state index in [4.69, 9.17) is 0 Å². The van der Waals surface area contributed by atoms with Crippen LogP contribution in [0.3, 0.4) is 0 Å². The van der Waals surface area contributed by atoms with Gasteiger partial charge in [0.1, 0.15) is 5.65 Å². The van der Waals surface area contributed by atoms with Crippen LogP contribution in [-0.4, -0.2) is 184 Å². The Morgan fingerprint density at radius 2 is 0.883 bits per heavy atom. The highest BCUT2D eigenvalue weighted by atomic mass is 32.2. The van der Waals surface area contributed by atoms with E-state index in [0.717, 1.165) is 113 Å². The molecule has 19 nitrogen and oxygen atoms in total. The fourth-order valence-electron chi connectivity index (χ4n) is 13.3. The third-order valence-electron chi connectivity index (χ3n) is 18.5. The van der Waals surface area contributed by atoms with Crippen molar-refractivity contribution in [1.29, 1.82) is 0 Å². The maximum Gasteiger partial charge on any atom is 0.225 e. The molecule has 0 bridgehead atoms.